The zero-order valence-electron chi connectivity index (χ0n) is 13.2. The molecule has 1 aromatic carbocycles. The molecule has 0 aromatic heterocycles. The fourth-order valence-electron chi connectivity index (χ4n) is 2.27. The Bertz CT molecular complexity index is 514. The summed E-state index contributed by atoms with van der Waals surface area (Å²) in [6.45, 7) is 7.71. The topological polar surface area (TPSA) is 59.6 Å². The molecule has 5 nitrogen and oxygen atoms in total. The molecule has 1 aromatic rings. The van der Waals surface area contributed by atoms with Crippen molar-refractivity contribution in [1.82, 2.24) is 10.6 Å². The number of rotatable bonds is 5. The first kappa shape index (κ1) is 15.6. The first-order valence-corrected chi connectivity index (χ1v) is 7.29. The summed E-state index contributed by atoms with van der Waals surface area (Å²) in [5.74, 6) is 1.62. The molecule has 0 aliphatic carbocycles. The molecule has 116 valence electrons. The lowest BCUT2D eigenvalue weighted by Crippen LogP contribution is -2.42. The molecule has 0 fully saturated rings. The lowest BCUT2D eigenvalue weighted by Gasteiger charge is -2.26. The predicted molar refractivity (Wildman–Crippen MR) is 81.7 cm³/mol. The predicted octanol–water partition coefficient (Wildman–Crippen LogP) is 1.88. The lowest BCUT2D eigenvalue weighted by molar-refractivity contribution is -0.128. The molecule has 0 bridgehead atoms. The van der Waals surface area contributed by atoms with Gasteiger partial charge in [-0.15, -0.1) is 0 Å². The standard InChI is InChI=1S/C16H24N2O3/c1-11(18-10-16(2,3)15(19)17-4)12-5-6-13-14(9-12)21-8-7-20-13/h5-6,9,11,18H,7-8,10H2,1-4H3,(H,17,19). The van der Waals surface area contributed by atoms with Gasteiger partial charge in [-0.3, -0.25) is 4.79 Å². The first-order chi connectivity index (χ1) is 9.94. The van der Waals surface area contributed by atoms with Crippen molar-refractivity contribution in [1.29, 1.82) is 0 Å². The molecule has 0 saturated carbocycles. The fourth-order valence-corrected chi connectivity index (χ4v) is 2.27. The smallest absolute Gasteiger partial charge is 0.226 e. The second-order valence-electron chi connectivity index (χ2n) is 5.97. The van der Waals surface area contributed by atoms with E-state index in [1.807, 2.05) is 32.0 Å². The van der Waals surface area contributed by atoms with Gasteiger partial charge < -0.3 is 20.1 Å². The number of fused-ring (bicyclic) bond motifs is 1. The Labute approximate surface area is 126 Å². The summed E-state index contributed by atoms with van der Waals surface area (Å²) < 4.78 is 11.1. The largest absolute Gasteiger partial charge is 0.486 e. The van der Waals surface area contributed by atoms with Gasteiger partial charge in [0.1, 0.15) is 13.2 Å². The Hall–Kier alpha value is -1.75. The summed E-state index contributed by atoms with van der Waals surface area (Å²) in [5.41, 5.74) is 0.670. The zero-order chi connectivity index (χ0) is 15.5. The van der Waals surface area contributed by atoms with E-state index in [1.165, 1.54) is 0 Å². The van der Waals surface area contributed by atoms with Crippen molar-refractivity contribution in [2.75, 3.05) is 26.8 Å². The van der Waals surface area contributed by atoms with Crippen molar-refractivity contribution >= 4 is 5.91 Å². The minimum atomic E-state index is -0.448. The SMILES string of the molecule is CNC(=O)C(C)(C)CNC(C)c1ccc2c(c1)OCCO2. The normalized spacial score (nSPS) is 15.4. The Kier molecular flexibility index (Phi) is 4.73. The van der Waals surface area contributed by atoms with Crippen LogP contribution in [-0.2, 0) is 4.79 Å². The third kappa shape index (κ3) is 3.67. The fraction of sp³-hybridized carbons (Fsp3) is 0.562. The van der Waals surface area contributed by atoms with Gasteiger partial charge >= 0.3 is 0 Å². The summed E-state index contributed by atoms with van der Waals surface area (Å²) in [4.78, 5) is 11.8. The van der Waals surface area contributed by atoms with Crippen LogP contribution in [0.25, 0.3) is 0 Å². The van der Waals surface area contributed by atoms with Crippen LogP contribution in [0.3, 0.4) is 0 Å². The van der Waals surface area contributed by atoms with Crippen molar-refractivity contribution in [2.24, 2.45) is 5.41 Å². The van der Waals surface area contributed by atoms with Crippen molar-refractivity contribution in [2.45, 2.75) is 26.8 Å². The molecular weight excluding hydrogens is 268 g/mol. The Balaban J connectivity index is 2.00. The number of carbonyl (C=O) groups is 1. The van der Waals surface area contributed by atoms with E-state index in [1.54, 1.807) is 7.05 Å². The van der Waals surface area contributed by atoms with E-state index in [0.29, 0.717) is 19.8 Å². The highest BCUT2D eigenvalue weighted by atomic mass is 16.6. The maximum atomic E-state index is 11.8. The molecule has 1 heterocycles. The molecule has 2 N–H and O–H groups in total. The quantitative estimate of drug-likeness (QED) is 0.870. The average molecular weight is 292 g/mol. The highest BCUT2D eigenvalue weighted by molar-refractivity contribution is 5.81. The minimum absolute atomic E-state index is 0.0318. The van der Waals surface area contributed by atoms with Gasteiger partial charge in [0.15, 0.2) is 11.5 Å². The van der Waals surface area contributed by atoms with Crippen molar-refractivity contribution in [3.63, 3.8) is 0 Å². The first-order valence-electron chi connectivity index (χ1n) is 7.29. The number of hydrogen-bond acceptors (Lipinski definition) is 4. The third-order valence-electron chi connectivity index (χ3n) is 3.76. The van der Waals surface area contributed by atoms with Crippen LogP contribution in [0.15, 0.2) is 18.2 Å². The van der Waals surface area contributed by atoms with Crippen LogP contribution in [0.1, 0.15) is 32.4 Å². The number of nitrogens with one attached hydrogen (secondary N) is 2. The van der Waals surface area contributed by atoms with Gasteiger partial charge in [0.2, 0.25) is 5.91 Å². The molecule has 2 rings (SSSR count). The molecule has 1 atom stereocenters. The van der Waals surface area contributed by atoms with E-state index in [9.17, 15) is 4.79 Å². The average Bonchev–Trinajstić information content (AvgIpc) is 2.51. The van der Waals surface area contributed by atoms with Crippen molar-refractivity contribution in [3.05, 3.63) is 23.8 Å². The molecule has 0 radical (unpaired) electrons. The molecule has 1 unspecified atom stereocenters. The summed E-state index contributed by atoms with van der Waals surface area (Å²) in [6.07, 6.45) is 0. The van der Waals surface area contributed by atoms with E-state index in [-0.39, 0.29) is 11.9 Å². The van der Waals surface area contributed by atoms with Crippen molar-refractivity contribution in [3.8, 4) is 11.5 Å². The Morgan fingerprint density at radius 1 is 1.29 bits per heavy atom. The molecular formula is C16H24N2O3. The summed E-state index contributed by atoms with van der Waals surface area (Å²) >= 11 is 0. The molecule has 0 spiro atoms. The Morgan fingerprint density at radius 3 is 2.62 bits per heavy atom. The number of benzene rings is 1. The summed E-state index contributed by atoms with van der Waals surface area (Å²) in [7, 11) is 1.66. The summed E-state index contributed by atoms with van der Waals surface area (Å²) in [6, 6.07) is 6.09. The molecule has 21 heavy (non-hydrogen) atoms. The maximum absolute atomic E-state index is 11.8. The number of ether oxygens (including phenoxy) is 2. The summed E-state index contributed by atoms with van der Waals surface area (Å²) in [5, 5.41) is 6.10. The monoisotopic (exact) mass is 292 g/mol. The van der Waals surface area contributed by atoms with Crippen molar-refractivity contribution < 1.29 is 14.3 Å². The van der Waals surface area contributed by atoms with Crippen LogP contribution in [-0.4, -0.2) is 32.7 Å². The van der Waals surface area contributed by atoms with E-state index in [4.69, 9.17) is 9.47 Å². The molecule has 1 aliphatic heterocycles. The van der Waals surface area contributed by atoms with Gasteiger partial charge in [0, 0.05) is 19.6 Å². The van der Waals surface area contributed by atoms with E-state index >= 15 is 0 Å². The second-order valence-corrected chi connectivity index (χ2v) is 5.97. The van der Waals surface area contributed by atoms with Crippen LogP contribution in [0.2, 0.25) is 0 Å². The van der Waals surface area contributed by atoms with Gasteiger partial charge in [-0.1, -0.05) is 6.07 Å². The van der Waals surface area contributed by atoms with Crippen LogP contribution in [0, 0.1) is 5.41 Å². The van der Waals surface area contributed by atoms with Gasteiger partial charge in [0.25, 0.3) is 0 Å². The Morgan fingerprint density at radius 2 is 1.95 bits per heavy atom. The third-order valence-corrected chi connectivity index (χ3v) is 3.76. The number of hydrogen-bond donors (Lipinski definition) is 2. The van der Waals surface area contributed by atoms with E-state index in [2.05, 4.69) is 17.6 Å². The zero-order valence-corrected chi connectivity index (χ0v) is 13.2. The molecule has 5 heteroatoms. The lowest BCUT2D eigenvalue weighted by atomic mass is 9.91. The van der Waals surface area contributed by atoms with Gasteiger partial charge in [0.05, 0.1) is 5.41 Å². The molecule has 1 amide bonds. The maximum Gasteiger partial charge on any atom is 0.226 e. The highest BCUT2D eigenvalue weighted by Crippen LogP contribution is 2.32. The van der Waals surface area contributed by atoms with E-state index in [0.717, 1.165) is 17.1 Å². The molecule has 1 aliphatic rings. The van der Waals surface area contributed by atoms with Crippen LogP contribution < -0.4 is 20.1 Å². The number of carbonyl (C=O) groups excluding carboxylic acids is 1. The van der Waals surface area contributed by atoms with Gasteiger partial charge in [-0.2, -0.15) is 0 Å². The van der Waals surface area contributed by atoms with Crippen LogP contribution in [0.4, 0.5) is 0 Å². The van der Waals surface area contributed by atoms with Gasteiger partial charge in [-0.25, -0.2) is 0 Å². The van der Waals surface area contributed by atoms with Gasteiger partial charge in [-0.05, 0) is 38.5 Å². The number of amides is 1. The van der Waals surface area contributed by atoms with E-state index < -0.39 is 5.41 Å². The van der Waals surface area contributed by atoms with Crippen LogP contribution >= 0.6 is 0 Å². The van der Waals surface area contributed by atoms with Crippen LogP contribution in [0.5, 0.6) is 11.5 Å². The molecule has 0 saturated heterocycles. The highest BCUT2D eigenvalue weighted by Gasteiger charge is 2.27. The second kappa shape index (κ2) is 6.35. The minimum Gasteiger partial charge on any atom is -0.486 e.